The molecule has 54 heavy (non-hydrogen) atoms. The molecular formula is C49H48IrN2OSi-2. The van der Waals surface area contributed by atoms with E-state index < -0.39 is 8.07 Å². The molecule has 7 aromatic rings. The van der Waals surface area contributed by atoms with Crippen LogP contribution in [0.2, 0.25) is 19.6 Å². The molecule has 0 unspecified atom stereocenters. The first kappa shape index (κ1) is 36.8. The standard InChI is InChI=1S/C31H26NO.C18H22NSi.Ir/c1-3-10-23-20(7-1)9-5-12-24(23)22-15-16-29-28(19-22)26-13-6-14-27(31(26)33-29)30-25-11-4-2-8-21(25)17-18-32-30;1-20(2,3)15-11-12-18(19-13-15)17-10-6-8-14-7-4-5-9-16(14)17;/h5-6,9,12-13,15-19H,1-4,7-8,10-11H2;6,8,11-13H,4-5,7,9H2,1-3H3;/q2*-1;. The van der Waals surface area contributed by atoms with Crippen LogP contribution in [-0.2, 0) is 58.6 Å². The summed E-state index contributed by atoms with van der Waals surface area (Å²) in [5.74, 6) is 0. The van der Waals surface area contributed by atoms with E-state index in [4.69, 9.17) is 14.4 Å². The summed E-state index contributed by atoms with van der Waals surface area (Å²) in [6.45, 7) is 7.08. The molecule has 0 saturated heterocycles. The van der Waals surface area contributed by atoms with Crippen LogP contribution in [0.5, 0.6) is 0 Å². The van der Waals surface area contributed by atoms with Crippen LogP contribution in [-0.4, -0.2) is 18.0 Å². The maximum Gasteiger partial charge on any atom is 0.120 e. The fourth-order valence-corrected chi connectivity index (χ4v) is 9.98. The second-order valence-corrected chi connectivity index (χ2v) is 21.4. The molecule has 275 valence electrons. The molecule has 0 saturated carbocycles. The SMILES string of the molecule is C[Si](C)(C)c1ccc(-c2[c-]ccc3c2CCCC3)nc1.[Ir].[c-]1ccc2c(oc3ccc(-c4cccc5c4CCCC5)cc32)c1-c1nccc2c1CCCC2. The zero-order valence-electron chi connectivity index (χ0n) is 31.8. The summed E-state index contributed by atoms with van der Waals surface area (Å²) in [6, 6.07) is 35.5. The molecular weight excluding hydrogens is 853 g/mol. The third-order valence-electron chi connectivity index (χ3n) is 11.9. The van der Waals surface area contributed by atoms with E-state index >= 15 is 0 Å². The van der Waals surface area contributed by atoms with E-state index in [9.17, 15) is 0 Å². The number of rotatable bonds is 4. The Kier molecular flexibility index (Phi) is 10.6. The third-order valence-corrected chi connectivity index (χ3v) is 13.9. The van der Waals surface area contributed by atoms with Gasteiger partial charge in [-0.05, 0) is 115 Å². The van der Waals surface area contributed by atoms with Crippen molar-refractivity contribution >= 4 is 35.2 Å². The second kappa shape index (κ2) is 15.5. The van der Waals surface area contributed by atoms with Crippen molar-refractivity contribution in [3.05, 3.63) is 137 Å². The van der Waals surface area contributed by atoms with Crippen LogP contribution in [0.25, 0.3) is 55.6 Å². The molecule has 0 atom stereocenters. The normalized spacial score (nSPS) is 15.0. The molecule has 3 aliphatic rings. The van der Waals surface area contributed by atoms with Crippen LogP contribution in [0.1, 0.15) is 71.9 Å². The Morgan fingerprint density at radius 1 is 0.611 bits per heavy atom. The van der Waals surface area contributed by atoms with Gasteiger partial charge in [-0.25, -0.2) is 0 Å². The molecule has 0 amide bonds. The van der Waals surface area contributed by atoms with E-state index in [0.29, 0.717) is 0 Å². The first-order valence-electron chi connectivity index (χ1n) is 19.9. The van der Waals surface area contributed by atoms with Crippen LogP contribution in [0.3, 0.4) is 0 Å². The summed E-state index contributed by atoms with van der Waals surface area (Å²) in [5, 5.41) is 3.75. The van der Waals surface area contributed by atoms with E-state index in [1.54, 1.807) is 0 Å². The van der Waals surface area contributed by atoms with E-state index in [1.807, 2.05) is 12.3 Å². The van der Waals surface area contributed by atoms with Crippen LogP contribution in [0.4, 0.5) is 0 Å². The molecule has 4 aromatic carbocycles. The molecule has 10 rings (SSSR count). The summed E-state index contributed by atoms with van der Waals surface area (Å²) in [4.78, 5) is 9.53. The average Bonchev–Trinajstić information content (AvgIpc) is 3.58. The number of benzene rings is 4. The number of nitrogens with zero attached hydrogens (tertiary/aromatic N) is 2. The van der Waals surface area contributed by atoms with E-state index in [0.717, 1.165) is 46.3 Å². The molecule has 0 aliphatic heterocycles. The van der Waals surface area contributed by atoms with Crippen LogP contribution >= 0.6 is 0 Å². The molecule has 3 nitrogen and oxygen atoms in total. The molecule has 3 heterocycles. The Hall–Kier alpha value is -4.15. The van der Waals surface area contributed by atoms with Gasteiger partial charge in [-0.15, -0.1) is 53.1 Å². The van der Waals surface area contributed by atoms with Crippen LogP contribution in [0.15, 0.2) is 95.7 Å². The van der Waals surface area contributed by atoms with E-state index in [2.05, 4.69) is 111 Å². The summed E-state index contributed by atoms with van der Waals surface area (Å²) < 4.78 is 6.46. The van der Waals surface area contributed by atoms with Gasteiger partial charge < -0.3 is 14.4 Å². The van der Waals surface area contributed by atoms with Crippen molar-refractivity contribution in [3.8, 4) is 33.6 Å². The predicted molar refractivity (Wildman–Crippen MR) is 223 cm³/mol. The van der Waals surface area contributed by atoms with Crippen molar-refractivity contribution in [3.63, 3.8) is 0 Å². The van der Waals surface area contributed by atoms with E-state index in [-0.39, 0.29) is 20.1 Å². The van der Waals surface area contributed by atoms with Crippen LogP contribution in [0, 0.1) is 12.1 Å². The van der Waals surface area contributed by atoms with Gasteiger partial charge in [-0.3, -0.25) is 0 Å². The monoisotopic (exact) mass is 901 g/mol. The summed E-state index contributed by atoms with van der Waals surface area (Å²) in [6.07, 6.45) is 18.7. The minimum atomic E-state index is -1.26. The minimum Gasteiger partial charge on any atom is -0.501 e. The van der Waals surface area contributed by atoms with Gasteiger partial charge in [0.15, 0.2) is 0 Å². The first-order chi connectivity index (χ1) is 25.9. The van der Waals surface area contributed by atoms with Crippen molar-refractivity contribution in [2.24, 2.45) is 0 Å². The van der Waals surface area contributed by atoms with Crippen molar-refractivity contribution in [2.75, 3.05) is 0 Å². The number of hydrogen-bond acceptors (Lipinski definition) is 3. The molecule has 5 heteroatoms. The molecule has 0 N–H and O–H groups in total. The number of pyridine rings is 2. The second-order valence-electron chi connectivity index (χ2n) is 16.3. The van der Waals surface area contributed by atoms with Crippen molar-refractivity contribution in [2.45, 2.75) is 96.7 Å². The number of furan rings is 1. The minimum absolute atomic E-state index is 0. The fraction of sp³-hybridized carbons (Fsp3) is 0.306. The first-order valence-corrected chi connectivity index (χ1v) is 23.4. The predicted octanol–water partition coefficient (Wildman–Crippen LogP) is 11.8. The quantitative estimate of drug-likeness (QED) is 0.130. The Bertz CT molecular complexity index is 2460. The third kappa shape index (κ3) is 7.07. The van der Waals surface area contributed by atoms with Gasteiger partial charge in [-0.1, -0.05) is 97.4 Å². The Labute approximate surface area is 335 Å². The van der Waals surface area contributed by atoms with E-state index in [1.165, 1.54) is 125 Å². The molecule has 3 aliphatic carbocycles. The zero-order valence-corrected chi connectivity index (χ0v) is 35.2. The van der Waals surface area contributed by atoms with Gasteiger partial charge in [-0.2, -0.15) is 0 Å². The smallest absolute Gasteiger partial charge is 0.120 e. The summed E-state index contributed by atoms with van der Waals surface area (Å²) in [5.41, 5.74) is 17.7. The van der Waals surface area contributed by atoms with Gasteiger partial charge >= 0.3 is 0 Å². The van der Waals surface area contributed by atoms with Gasteiger partial charge in [0.05, 0.1) is 13.7 Å². The number of hydrogen-bond donors (Lipinski definition) is 0. The van der Waals surface area contributed by atoms with Crippen molar-refractivity contribution < 1.29 is 24.5 Å². The van der Waals surface area contributed by atoms with Crippen molar-refractivity contribution in [1.82, 2.24) is 9.97 Å². The zero-order chi connectivity index (χ0) is 35.9. The number of aromatic nitrogens is 2. The Morgan fingerprint density at radius 3 is 2.06 bits per heavy atom. The van der Waals surface area contributed by atoms with Gasteiger partial charge in [0.1, 0.15) is 5.58 Å². The fourth-order valence-electron chi connectivity index (χ4n) is 8.94. The van der Waals surface area contributed by atoms with Crippen molar-refractivity contribution in [1.29, 1.82) is 0 Å². The Balaban J connectivity index is 0.000000170. The van der Waals surface area contributed by atoms with Gasteiger partial charge in [0.2, 0.25) is 0 Å². The Morgan fingerprint density at radius 2 is 1.30 bits per heavy atom. The number of aryl methyl sites for hydroxylation is 3. The van der Waals surface area contributed by atoms with Gasteiger partial charge in [0.25, 0.3) is 0 Å². The maximum absolute atomic E-state index is 6.46. The number of fused-ring (bicyclic) bond motifs is 6. The summed E-state index contributed by atoms with van der Waals surface area (Å²) in [7, 11) is -1.26. The molecule has 1 radical (unpaired) electrons. The largest absolute Gasteiger partial charge is 0.501 e. The molecule has 3 aromatic heterocycles. The molecule has 0 bridgehead atoms. The molecule has 0 fully saturated rings. The average molecular weight is 901 g/mol. The topological polar surface area (TPSA) is 38.9 Å². The molecule has 0 spiro atoms. The maximum atomic E-state index is 6.46. The van der Waals surface area contributed by atoms with Crippen LogP contribution < -0.4 is 5.19 Å². The summed E-state index contributed by atoms with van der Waals surface area (Å²) >= 11 is 0. The van der Waals surface area contributed by atoms with Gasteiger partial charge in [0, 0.05) is 37.9 Å².